The van der Waals surface area contributed by atoms with Gasteiger partial charge < -0.3 is 15.0 Å². The Hall–Kier alpha value is -2.96. The van der Waals surface area contributed by atoms with Crippen molar-refractivity contribution < 1.29 is 14.3 Å². The lowest BCUT2D eigenvalue weighted by Gasteiger charge is -2.40. The molecule has 1 fully saturated rings. The number of para-hydroxylation sites is 1. The van der Waals surface area contributed by atoms with Gasteiger partial charge in [0.25, 0.3) is 5.91 Å². The van der Waals surface area contributed by atoms with E-state index < -0.39 is 5.41 Å². The van der Waals surface area contributed by atoms with Crippen LogP contribution < -0.4 is 10.1 Å². The molecule has 4 rings (SSSR count). The monoisotopic (exact) mass is 422 g/mol. The van der Waals surface area contributed by atoms with Crippen molar-refractivity contribution in [2.45, 2.75) is 44.9 Å². The minimum Gasteiger partial charge on any atom is -0.491 e. The van der Waals surface area contributed by atoms with Gasteiger partial charge in [0, 0.05) is 19.3 Å². The Balaban J connectivity index is 1.40. The maximum Gasteiger partial charge on any atom is 0.272 e. The highest BCUT2D eigenvalue weighted by atomic mass is 16.5. The van der Waals surface area contributed by atoms with Gasteiger partial charge in [0.15, 0.2) is 0 Å². The first-order valence-electron chi connectivity index (χ1n) is 11.2. The largest absolute Gasteiger partial charge is 0.491 e. The lowest BCUT2D eigenvalue weighted by atomic mass is 9.73. The molecular formula is C24H30N4O3. The molecule has 0 atom stereocenters. The number of rotatable bonds is 1. The van der Waals surface area contributed by atoms with E-state index in [0.29, 0.717) is 44.8 Å². The topological polar surface area (TPSA) is 84.4 Å². The SMILES string of the molecule is O=C(c1ccncn1)N1CCC2(CCCCCc3ccccc3OCCNC2=O)CC1. The molecule has 2 aliphatic rings. The fraction of sp³-hybridized carbons (Fsp3) is 0.500. The summed E-state index contributed by atoms with van der Waals surface area (Å²) in [4.78, 5) is 35.7. The van der Waals surface area contributed by atoms with Crippen molar-refractivity contribution in [3.63, 3.8) is 0 Å². The first-order chi connectivity index (χ1) is 15.2. The molecule has 7 heteroatoms. The lowest BCUT2D eigenvalue weighted by molar-refractivity contribution is -0.134. The number of benzene rings is 1. The zero-order chi connectivity index (χ0) is 21.5. The average molecular weight is 423 g/mol. The van der Waals surface area contributed by atoms with Crippen LogP contribution in [0.15, 0.2) is 42.9 Å². The smallest absolute Gasteiger partial charge is 0.272 e. The maximum atomic E-state index is 13.2. The molecule has 1 aromatic carbocycles. The summed E-state index contributed by atoms with van der Waals surface area (Å²) in [6.07, 6.45) is 9.34. The molecule has 2 aromatic rings. The van der Waals surface area contributed by atoms with Gasteiger partial charge in [-0.2, -0.15) is 0 Å². The Morgan fingerprint density at radius 2 is 1.90 bits per heavy atom. The Kier molecular flexibility index (Phi) is 6.79. The molecule has 1 spiro atoms. The molecule has 31 heavy (non-hydrogen) atoms. The minimum atomic E-state index is -0.413. The van der Waals surface area contributed by atoms with Crippen LogP contribution in [0, 0.1) is 5.41 Å². The van der Waals surface area contributed by atoms with Crippen LogP contribution in [-0.4, -0.2) is 52.9 Å². The Morgan fingerprint density at radius 1 is 1.06 bits per heavy atom. The van der Waals surface area contributed by atoms with Crippen LogP contribution in [0.5, 0.6) is 5.75 Å². The van der Waals surface area contributed by atoms with Gasteiger partial charge in [0.05, 0.1) is 12.0 Å². The number of piperidine rings is 1. The summed E-state index contributed by atoms with van der Waals surface area (Å²) < 4.78 is 5.94. The van der Waals surface area contributed by atoms with Crippen molar-refractivity contribution in [1.29, 1.82) is 0 Å². The summed E-state index contributed by atoms with van der Waals surface area (Å²) in [7, 11) is 0. The molecule has 164 valence electrons. The second-order valence-electron chi connectivity index (χ2n) is 8.44. The molecule has 0 radical (unpaired) electrons. The molecule has 1 N–H and O–H groups in total. The van der Waals surface area contributed by atoms with Crippen LogP contribution in [0.2, 0.25) is 0 Å². The molecular weight excluding hydrogens is 392 g/mol. The molecule has 0 bridgehead atoms. The molecule has 2 aliphatic heterocycles. The number of aryl methyl sites for hydroxylation is 1. The van der Waals surface area contributed by atoms with E-state index >= 15 is 0 Å². The Labute approximate surface area is 183 Å². The quantitative estimate of drug-likeness (QED) is 0.764. The molecule has 2 amide bonds. The summed E-state index contributed by atoms with van der Waals surface area (Å²) in [5, 5.41) is 3.10. The number of ether oxygens (including phenoxy) is 1. The van der Waals surface area contributed by atoms with Gasteiger partial charge in [-0.05, 0) is 49.8 Å². The average Bonchev–Trinajstić information content (AvgIpc) is 2.83. The summed E-state index contributed by atoms with van der Waals surface area (Å²) in [6, 6.07) is 9.80. The second kappa shape index (κ2) is 9.90. The van der Waals surface area contributed by atoms with Gasteiger partial charge in [0.1, 0.15) is 24.4 Å². The van der Waals surface area contributed by atoms with Crippen molar-refractivity contribution in [1.82, 2.24) is 20.2 Å². The van der Waals surface area contributed by atoms with E-state index in [-0.39, 0.29) is 11.8 Å². The summed E-state index contributed by atoms with van der Waals surface area (Å²) in [5.41, 5.74) is 1.23. The number of hydrogen-bond donors (Lipinski definition) is 1. The third-order valence-corrected chi connectivity index (χ3v) is 6.51. The Morgan fingerprint density at radius 3 is 2.71 bits per heavy atom. The first-order valence-corrected chi connectivity index (χ1v) is 11.2. The van der Waals surface area contributed by atoms with E-state index in [9.17, 15) is 9.59 Å². The summed E-state index contributed by atoms with van der Waals surface area (Å²) in [5.74, 6) is 0.925. The van der Waals surface area contributed by atoms with E-state index in [1.54, 1.807) is 12.3 Å². The normalized spacial score (nSPS) is 19.7. The number of fused-ring (bicyclic) bond motifs is 1. The molecule has 0 unspecified atom stereocenters. The van der Waals surface area contributed by atoms with Gasteiger partial charge in [0.2, 0.25) is 5.91 Å². The number of hydrogen-bond acceptors (Lipinski definition) is 5. The lowest BCUT2D eigenvalue weighted by Crippen LogP contribution is -2.50. The van der Waals surface area contributed by atoms with Gasteiger partial charge in [-0.3, -0.25) is 9.59 Å². The fourth-order valence-electron chi connectivity index (χ4n) is 4.63. The van der Waals surface area contributed by atoms with Crippen molar-refractivity contribution in [3.05, 3.63) is 54.1 Å². The van der Waals surface area contributed by atoms with E-state index in [0.717, 1.165) is 37.9 Å². The second-order valence-corrected chi connectivity index (χ2v) is 8.44. The van der Waals surface area contributed by atoms with Crippen LogP contribution in [0.4, 0.5) is 0 Å². The van der Waals surface area contributed by atoms with Gasteiger partial charge >= 0.3 is 0 Å². The molecule has 7 nitrogen and oxygen atoms in total. The third kappa shape index (κ3) is 5.03. The predicted octanol–water partition coefficient (Wildman–Crippen LogP) is 3.01. The zero-order valence-electron chi connectivity index (χ0n) is 17.9. The number of aromatic nitrogens is 2. The zero-order valence-corrected chi connectivity index (χ0v) is 17.9. The number of nitrogens with zero attached hydrogens (tertiary/aromatic N) is 3. The number of carbonyl (C=O) groups is 2. The summed E-state index contributed by atoms with van der Waals surface area (Å²) in [6.45, 7) is 2.08. The highest BCUT2D eigenvalue weighted by Crippen LogP contribution is 2.38. The fourth-order valence-corrected chi connectivity index (χ4v) is 4.63. The third-order valence-electron chi connectivity index (χ3n) is 6.51. The minimum absolute atomic E-state index is 0.0894. The van der Waals surface area contributed by atoms with E-state index in [4.69, 9.17) is 4.74 Å². The van der Waals surface area contributed by atoms with Crippen molar-refractivity contribution >= 4 is 11.8 Å². The van der Waals surface area contributed by atoms with Crippen LogP contribution in [0.3, 0.4) is 0 Å². The molecule has 3 heterocycles. The number of nitrogens with one attached hydrogen (secondary N) is 1. The van der Waals surface area contributed by atoms with E-state index in [1.807, 2.05) is 23.1 Å². The number of carbonyl (C=O) groups excluding carboxylic acids is 2. The van der Waals surface area contributed by atoms with E-state index in [1.165, 1.54) is 11.9 Å². The predicted molar refractivity (Wildman–Crippen MR) is 117 cm³/mol. The molecule has 1 aromatic heterocycles. The van der Waals surface area contributed by atoms with Gasteiger partial charge in [-0.1, -0.05) is 31.0 Å². The van der Waals surface area contributed by atoms with Crippen molar-refractivity contribution in [3.8, 4) is 5.75 Å². The van der Waals surface area contributed by atoms with Crippen LogP contribution >= 0.6 is 0 Å². The molecule has 0 saturated carbocycles. The standard InChI is InChI=1S/C24H30N4O3/c29-22(20-9-13-25-18-27-20)28-15-11-24(12-16-28)10-5-1-2-6-19-7-3-4-8-21(19)31-17-14-26-23(24)30/h3-4,7-9,13,18H,1-2,5-6,10-12,14-17H2,(H,26,30). The van der Waals surface area contributed by atoms with Crippen molar-refractivity contribution in [2.24, 2.45) is 5.41 Å². The summed E-state index contributed by atoms with van der Waals surface area (Å²) >= 11 is 0. The van der Waals surface area contributed by atoms with E-state index in [2.05, 4.69) is 21.4 Å². The first kappa shape index (κ1) is 21.3. The molecule has 0 aliphatic carbocycles. The van der Waals surface area contributed by atoms with Crippen LogP contribution in [0.25, 0.3) is 0 Å². The number of amides is 2. The van der Waals surface area contributed by atoms with Crippen LogP contribution in [0.1, 0.15) is 54.6 Å². The van der Waals surface area contributed by atoms with Gasteiger partial charge in [-0.15, -0.1) is 0 Å². The molecule has 1 saturated heterocycles. The number of likely N-dealkylation sites (tertiary alicyclic amines) is 1. The highest BCUT2D eigenvalue weighted by molar-refractivity contribution is 5.92. The highest BCUT2D eigenvalue weighted by Gasteiger charge is 2.41. The van der Waals surface area contributed by atoms with Crippen LogP contribution in [-0.2, 0) is 11.2 Å². The van der Waals surface area contributed by atoms with Crippen molar-refractivity contribution in [2.75, 3.05) is 26.2 Å². The maximum absolute atomic E-state index is 13.2. The van der Waals surface area contributed by atoms with Gasteiger partial charge in [-0.25, -0.2) is 9.97 Å². The Bertz CT molecular complexity index is 895.